The monoisotopic (exact) mass is 498 g/mol. The van der Waals surface area contributed by atoms with Gasteiger partial charge in [-0.25, -0.2) is 0 Å². The average Bonchev–Trinajstić information content (AvgIpc) is 2.96. The highest BCUT2D eigenvalue weighted by Gasteiger charge is 2.74. The smallest absolute Gasteiger partial charge is 0.187 e. The highest BCUT2D eigenvalue weighted by Crippen LogP contribution is 2.74. The van der Waals surface area contributed by atoms with Crippen molar-refractivity contribution in [3.63, 3.8) is 0 Å². The first-order chi connectivity index (χ1) is 16.4. The minimum Gasteiger partial charge on any atom is -0.393 e. The number of hydrogen-bond acceptors (Lipinski definition) is 6. The molecular formula is C30H42O6. The molecule has 0 saturated heterocycles. The largest absolute Gasteiger partial charge is 0.393 e. The summed E-state index contributed by atoms with van der Waals surface area (Å²) in [5.74, 6) is -2.07. The Morgan fingerprint density at radius 3 is 2.31 bits per heavy atom. The van der Waals surface area contributed by atoms with Crippen LogP contribution < -0.4 is 0 Å². The fourth-order valence-electron chi connectivity index (χ4n) is 8.89. The lowest BCUT2D eigenvalue weighted by molar-refractivity contribution is -0.183. The van der Waals surface area contributed by atoms with E-state index in [0.717, 1.165) is 5.57 Å². The molecule has 0 heterocycles. The van der Waals surface area contributed by atoms with Crippen LogP contribution in [-0.2, 0) is 14.4 Å². The van der Waals surface area contributed by atoms with Gasteiger partial charge in [-0.05, 0) is 55.4 Å². The molecule has 0 aliphatic heterocycles. The quantitative estimate of drug-likeness (QED) is 0.309. The number of ketones is 3. The van der Waals surface area contributed by atoms with E-state index in [4.69, 9.17) is 0 Å². The van der Waals surface area contributed by atoms with E-state index >= 15 is 0 Å². The molecule has 0 spiro atoms. The standard InChI is InChI=1S/C30H42O6/c1-16(2)9-12-22(33)30(8,36)24-20(32)14-27(5)21-11-10-17-18(13-19(31)25(35)26(17,3)4)29(21,7)23(34)15-28(24,27)6/h9-10,12,18,20-21,24-25,32,35-36H,1,11,13-15H2,2-8H3/b12-9+/t18?,20?,21?,24?,25-,27?,28?,29?,30?/m0/s1. The predicted molar refractivity (Wildman–Crippen MR) is 137 cm³/mol. The van der Waals surface area contributed by atoms with E-state index in [1.807, 2.05) is 27.7 Å². The number of fused-ring (bicyclic) bond motifs is 5. The minimum atomic E-state index is -1.87. The molecule has 0 bridgehead atoms. The summed E-state index contributed by atoms with van der Waals surface area (Å²) < 4.78 is 0. The minimum absolute atomic E-state index is 0.00268. The number of carbonyl (C=O) groups excluding carboxylic acids is 3. The van der Waals surface area contributed by atoms with Crippen molar-refractivity contribution >= 4 is 17.3 Å². The van der Waals surface area contributed by atoms with E-state index in [2.05, 4.69) is 19.6 Å². The molecule has 4 aliphatic carbocycles. The Morgan fingerprint density at radius 2 is 1.72 bits per heavy atom. The Kier molecular flexibility index (Phi) is 6.07. The molecule has 3 N–H and O–H groups in total. The third-order valence-electron chi connectivity index (χ3n) is 11.1. The molecular weight excluding hydrogens is 456 g/mol. The second-order valence-electron chi connectivity index (χ2n) is 13.5. The summed E-state index contributed by atoms with van der Waals surface area (Å²) in [6, 6.07) is 0. The molecule has 6 nitrogen and oxygen atoms in total. The third kappa shape index (κ3) is 3.30. The highest BCUT2D eigenvalue weighted by molar-refractivity contribution is 5.98. The average molecular weight is 499 g/mol. The summed E-state index contributed by atoms with van der Waals surface area (Å²) in [6.45, 7) is 16.7. The Balaban J connectivity index is 1.82. The van der Waals surface area contributed by atoms with Gasteiger partial charge in [-0.15, -0.1) is 0 Å². The van der Waals surface area contributed by atoms with Crippen LogP contribution in [0.4, 0.5) is 0 Å². The summed E-state index contributed by atoms with van der Waals surface area (Å²) in [4.78, 5) is 40.2. The zero-order chi connectivity index (χ0) is 27.2. The van der Waals surface area contributed by atoms with Crippen LogP contribution in [0.25, 0.3) is 0 Å². The molecule has 3 saturated carbocycles. The van der Waals surface area contributed by atoms with Crippen LogP contribution in [-0.4, -0.2) is 50.5 Å². The summed E-state index contributed by atoms with van der Waals surface area (Å²) in [5, 5.41) is 33.6. The lowest BCUT2D eigenvalue weighted by Gasteiger charge is -2.64. The van der Waals surface area contributed by atoms with Crippen molar-refractivity contribution in [2.75, 3.05) is 0 Å². The molecule has 0 radical (unpaired) electrons. The number of hydrogen-bond donors (Lipinski definition) is 3. The van der Waals surface area contributed by atoms with Gasteiger partial charge in [-0.2, -0.15) is 0 Å². The number of aliphatic hydroxyl groups is 3. The molecule has 198 valence electrons. The Morgan fingerprint density at radius 1 is 1.11 bits per heavy atom. The van der Waals surface area contributed by atoms with Gasteiger partial charge in [0.15, 0.2) is 11.6 Å². The zero-order valence-corrected chi connectivity index (χ0v) is 22.7. The normalized spacial score (nSPS) is 45.4. The number of Topliss-reactive ketones (excluding diaryl/α,β-unsaturated/α-hetero) is 2. The van der Waals surface area contributed by atoms with Gasteiger partial charge in [-0.3, -0.25) is 14.4 Å². The molecule has 6 heteroatoms. The fourth-order valence-corrected chi connectivity index (χ4v) is 8.89. The second kappa shape index (κ2) is 8.05. The lowest BCUT2D eigenvalue weighted by atomic mass is 9.38. The van der Waals surface area contributed by atoms with Crippen molar-refractivity contribution in [3.8, 4) is 0 Å². The number of allylic oxidation sites excluding steroid dienone is 3. The Hall–Kier alpha value is -1.89. The fraction of sp³-hybridized carbons (Fsp3) is 0.700. The van der Waals surface area contributed by atoms with E-state index in [1.165, 1.54) is 13.0 Å². The van der Waals surface area contributed by atoms with Gasteiger partial charge in [0.25, 0.3) is 0 Å². The second-order valence-corrected chi connectivity index (χ2v) is 13.5. The summed E-state index contributed by atoms with van der Waals surface area (Å²) in [6.07, 6.45) is 4.06. The first kappa shape index (κ1) is 27.2. The van der Waals surface area contributed by atoms with Crippen LogP contribution in [0.3, 0.4) is 0 Å². The van der Waals surface area contributed by atoms with Gasteiger partial charge < -0.3 is 15.3 Å². The van der Waals surface area contributed by atoms with Gasteiger partial charge in [0.1, 0.15) is 17.5 Å². The van der Waals surface area contributed by atoms with Gasteiger partial charge in [0.05, 0.1) is 6.10 Å². The maximum atomic E-state index is 14.2. The van der Waals surface area contributed by atoms with Gasteiger partial charge in [-0.1, -0.05) is 64.5 Å². The van der Waals surface area contributed by atoms with Gasteiger partial charge in [0.2, 0.25) is 0 Å². The highest BCUT2D eigenvalue weighted by atomic mass is 16.3. The number of carbonyl (C=O) groups is 3. The van der Waals surface area contributed by atoms with Crippen molar-refractivity contribution in [1.29, 1.82) is 0 Å². The van der Waals surface area contributed by atoms with Crippen molar-refractivity contribution in [1.82, 2.24) is 0 Å². The molecule has 0 aromatic rings. The summed E-state index contributed by atoms with van der Waals surface area (Å²) in [7, 11) is 0. The van der Waals surface area contributed by atoms with E-state index in [-0.39, 0.29) is 36.2 Å². The molecule has 0 aromatic heterocycles. The maximum Gasteiger partial charge on any atom is 0.187 e. The van der Waals surface area contributed by atoms with Crippen LogP contribution in [0, 0.1) is 39.4 Å². The van der Waals surface area contributed by atoms with Crippen molar-refractivity contribution in [3.05, 3.63) is 36.0 Å². The number of rotatable bonds is 4. The first-order valence-electron chi connectivity index (χ1n) is 13.1. The van der Waals surface area contributed by atoms with E-state index in [1.54, 1.807) is 13.0 Å². The molecule has 4 rings (SSSR count). The molecule has 8 unspecified atom stereocenters. The van der Waals surface area contributed by atoms with Crippen LogP contribution in [0.5, 0.6) is 0 Å². The van der Waals surface area contributed by atoms with Gasteiger partial charge >= 0.3 is 0 Å². The summed E-state index contributed by atoms with van der Waals surface area (Å²) in [5.41, 5.74) is -3.21. The topological polar surface area (TPSA) is 112 Å². The van der Waals surface area contributed by atoms with Crippen LogP contribution in [0.15, 0.2) is 36.0 Å². The van der Waals surface area contributed by atoms with Crippen molar-refractivity contribution in [2.24, 2.45) is 39.4 Å². The Bertz CT molecular complexity index is 1090. The van der Waals surface area contributed by atoms with Crippen LogP contribution >= 0.6 is 0 Å². The maximum absolute atomic E-state index is 14.2. The Labute approximate surface area is 214 Å². The van der Waals surface area contributed by atoms with E-state index in [0.29, 0.717) is 18.4 Å². The number of aliphatic hydroxyl groups excluding tert-OH is 2. The molecule has 3 fully saturated rings. The molecule has 0 amide bonds. The first-order valence-corrected chi connectivity index (χ1v) is 13.1. The lowest BCUT2D eigenvalue weighted by Crippen LogP contribution is -2.65. The van der Waals surface area contributed by atoms with Crippen molar-refractivity contribution in [2.45, 2.75) is 92.0 Å². The van der Waals surface area contributed by atoms with E-state index < -0.39 is 51.2 Å². The molecule has 4 aliphatic rings. The third-order valence-corrected chi connectivity index (χ3v) is 11.1. The predicted octanol–water partition coefficient (Wildman–Crippen LogP) is 3.73. The SMILES string of the molecule is C=C(C)/C=C/C(=O)C(C)(O)C1C(O)CC2(C)C3CC=C4C(CC(=O)[C@H](O)C4(C)C)C3(C)C(=O)CC12C. The van der Waals surface area contributed by atoms with Crippen LogP contribution in [0.2, 0.25) is 0 Å². The molecule has 9 atom stereocenters. The molecule has 36 heavy (non-hydrogen) atoms. The van der Waals surface area contributed by atoms with E-state index in [9.17, 15) is 29.7 Å². The molecule has 0 aromatic carbocycles. The van der Waals surface area contributed by atoms with Crippen molar-refractivity contribution < 1.29 is 29.7 Å². The summed E-state index contributed by atoms with van der Waals surface area (Å²) >= 11 is 0. The van der Waals surface area contributed by atoms with Crippen LogP contribution in [0.1, 0.15) is 74.1 Å². The zero-order valence-electron chi connectivity index (χ0n) is 22.7. The van der Waals surface area contributed by atoms with Gasteiger partial charge in [0, 0.05) is 29.6 Å².